The van der Waals surface area contributed by atoms with Gasteiger partial charge in [-0.3, -0.25) is 9.58 Å². The number of hydrogen-bond donors (Lipinski definition) is 0. The number of fused-ring (bicyclic) bond motifs is 2. The number of aromatic nitrogens is 2. The zero-order chi connectivity index (χ0) is 16.7. The molecule has 3 heteroatoms. The third kappa shape index (κ3) is 2.71. The van der Waals surface area contributed by atoms with Gasteiger partial charge >= 0.3 is 0 Å². The smallest absolute Gasteiger partial charge is 0.0671 e. The maximum Gasteiger partial charge on any atom is 0.0671 e. The second kappa shape index (κ2) is 6.21. The van der Waals surface area contributed by atoms with E-state index in [1.807, 2.05) is 4.68 Å². The van der Waals surface area contributed by atoms with Gasteiger partial charge in [-0.2, -0.15) is 5.10 Å². The van der Waals surface area contributed by atoms with Gasteiger partial charge < -0.3 is 0 Å². The summed E-state index contributed by atoms with van der Waals surface area (Å²) in [5.41, 5.74) is 6.83. The number of piperidine rings is 1. The maximum atomic E-state index is 4.63. The van der Waals surface area contributed by atoms with Gasteiger partial charge in [-0.05, 0) is 44.2 Å². The summed E-state index contributed by atoms with van der Waals surface area (Å²) in [5.74, 6) is 0. The molecule has 3 nitrogen and oxygen atoms in total. The first-order chi connectivity index (χ1) is 11.6. The fourth-order valence-electron chi connectivity index (χ4n) is 4.58. The Morgan fingerprint density at radius 2 is 1.92 bits per heavy atom. The molecule has 0 aliphatic carbocycles. The number of aryl methyl sites for hydroxylation is 2. The molecule has 3 heterocycles. The minimum absolute atomic E-state index is 0.576. The van der Waals surface area contributed by atoms with Crippen LogP contribution >= 0.6 is 0 Å². The lowest BCUT2D eigenvalue weighted by molar-refractivity contribution is 0.0951. The number of nitrogens with zero attached hydrogens (tertiary/aromatic N) is 3. The summed E-state index contributed by atoms with van der Waals surface area (Å²) in [7, 11) is 2.05. The van der Waals surface area contributed by atoms with Crippen LogP contribution in [0.2, 0.25) is 0 Å². The predicted octanol–water partition coefficient (Wildman–Crippen LogP) is 4.25. The van der Waals surface area contributed by atoms with Crippen LogP contribution < -0.4 is 0 Å². The van der Waals surface area contributed by atoms with Gasteiger partial charge in [0.05, 0.1) is 5.69 Å². The molecular weight excluding hydrogens is 294 g/mol. The van der Waals surface area contributed by atoms with Crippen molar-refractivity contribution in [2.24, 2.45) is 7.05 Å². The lowest BCUT2D eigenvalue weighted by Crippen LogP contribution is -2.47. The van der Waals surface area contributed by atoms with E-state index in [1.54, 1.807) is 0 Å². The summed E-state index contributed by atoms with van der Waals surface area (Å²) in [6.07, 6.45) is 7.66. The van der Waals surface area contributed by atoms with Crippen LogP contribution in [0.15, 0.2) is 36.4 Å². The standard InChI is InChI=1S/C21H27N3/c1-15-21(16(2)23(3)22-15)18-12-19-10-7-11-20(13-18)24(19)14-17-8-5-4-6-9-17/h4-6,8-9,12,19-20H,7,10-11,13-14H2,1-3H3. The highest BCUT2D eigenvalue weighted by atomic mass is 15.3. The van der Waals surface area contributed by atoms with Gasteiger partial charge in [0.25, 0.3) is 0 Å². The first-order valence-electron chi connectivity index (χ1n) is 9.14. The van der Waals surface area contributed by atoms with Gasteiger partial charge in [0.15, 0.2) is 0 Å². The van der Waals surface area contributed by atoms with E-state index in [2.05, 4.69) is 67.3 Å². The molecule has 24 heavy (non-hydrogen) atoms. The summed E-state index contributed by atoms with van der Waals surface area (Å²) < 4.78 is 2.03. The molecule has 2 aromatic rings. The van der Waals surface area contributed by atoms with Crippen LogP contribution in [0, 0.1) is 13.8 Å². The zero-order valence-electron chi connectivity index (χ0n) is 15.0. The highest BCUT2D eigenvalue weighted by molar-refractivity contribution is 5.71. The van der Waals surface area contributed by atoms with E-state index in [1.165, 1.54) is 47.4 Å². The van der Waals surface area contributed by atoms with Crippen molar-refractivity contribution in [3.8, 4) is 0 Å². The number of rotatable bonds is 3. The quantitative estimate of drug-likeness (QED) is 0.843. The molecule has 2 bridgehead atoms. The molecule has 0 spiro atoms. The Morgan fingerprint density at radius 3 is 2.58 bits per heavy atom. The van der Waals surface area contributed by atoms with Crippen LogP contribution in [0.4, 0.5) is 0 Å². The van der Waals surface area contributed by atoms with E-state index >= 15 is 0 Å². The van der Waals surface area contributed by atoms with Gasteiger partial charge in [-0.15, -0.1) is 0 Å². The van der Waals surface area contributed by atoms with Gasteiger partial charge in [0, 0.05) is 36.9 Å². The molecule has 4 rings (SSSR count). The van der Waals surface area contributed by atoms with Crippen molar-refractivity contribution in [2.75, 3.05) is 0 Å². The maximum absolute atomic E-state index is 4.63. The SMILES string of the molecule is Cc1nn(C)c(C)c1C1=CC2CCCC(C1)N2Cc1ccccc1. The Morgan fingerprint density at radius 1 is 1.12 bits per heavy atom. The van der Waals surface area contributed by atoms with E-state index in [0.717, 1.165) is 13.0 Å². The van der Waals surface area contributed by atoms with E-state index in [-0.39, 0.29) is 0 Å². The molecule has 2 unspecified atom stereocenters. The van der Waals surface area contributed by atoms with Crippen molar-refractivity contribution >= 4 is 5.57 Å². The molecule has 1 aromatic carbocycles. The predicted molar refractivity (Wildman–Crippen MR) is 98.7 cm³/mol. The molecule has 2 atom stereocenters. The first kappa shape index (κ1) is 15.6. The third-order valence-corrected chi connectivity index (χ3v) is 5.82. The fourth-order valence-corrected chi connectivity index (χ4v) is 4.58. The number of benzene rings is 1. The van der Waals surface area contributed by atoms with E-state index in [0.29, 0.717) is 12.1 Å². The fraction of sp³-hybridized carbons (Fsp3) is 0.476. The topological polar surface area (TPSA) is 21.1 Å². The molecular formula is C21H27N3. The molecule has 1 saturated heterocycles. The van der Waals surface area contributed by atoms with Crippen LogP contribution in [-0.4, -0.2) is 26.8 Å². The normalized spacial score (nSPS) is 24.0. The summed E-state index contributed by atoms with van der Waals surface area (Å²) >= 11 is 0. The van der Waals surface area contributed by atoms with Gasteiger partial charge in [-0.1, -0.05) is 42.8 Å². The molecule has 1 fully saturated rings. The van der Waals surface area contributed by atoms with E-state index in [9.17, 15) is 0 Å². The zero-order valence-corrected chi connectivity index (χ0v) is 15.0. The molecule has 126 valence electrons. The highest BCUT2D eigenvalue weighted by Gasteiger charge is 2.35. The Labute approximate surface area is 145 Å². The minimum Gasteiger partial charge on any atom is -0.289 e. The van der Waals surface area contributed by atoms with Crippen molar-refractivity contribution < 1.29 is 0 Å². The van der Waals surface area contributed by atoms with Crippen LogP contribution in [0.5, 0.6) is 0 Å². The van der Waals surface area contributed by atoms with Crippen molar-refractivity contribution in [1.29, 1.82) is 0 Å². The Balaban J connectivity index is 1.65. The van der Waals surface area contributed by atoms with Crippen LogP contribution in [-0.2, 0) is 13.6 Å². The molecule has 2 aliphatic rings. The lowest BCUT2D eigenvalue weighted by Gasteiger charge is -2.45. The Kier molecular flexibility index (Phi) is 4.05. The summed E-state index contributed by atoms with van der Waals surface area (Å²) in [6, 6.07) is 12.2. The van der Waals surface area contributed by atoms with E-state index in [4.69, 9.17) is 0 Å². The van der Waals surface area contributed by atoms with Crippen LogP contribution in [0.25, 0.3) is 5.57 Å². The van der Waals surface area contributed by atoms with Gasteiger partial charge in [-0.25, -0.2) is 0 Å². The van der Waals surface area contributed by atoms with Crippen molar-refractivity contribution in [2.45, 2.75) is 58.2 Å². The van der Waals surface area contributed by atoms with Crippen molar-refractivity contribution in [3.63, 3.8) is 0 Å². The average molecular weight is 321 g/mol. The van der Waals surface area contributed by atoms with E-state index < -0.39 is 0 Å². The Hall–Kier alpha value is -1.87. The van der Waals surface area contributed by atoms with Crippen LogP contribution in [0.1, 0.15) is 48.2 Å². The average Bonchev–Trinajstić information content (AvgIpc) is 2.81. The lowest BCUT2D eigenvalue weighted by atomic mass is 9.82. The molecule has 0 N–H and O–H groups in total. The second-order valence-electron chi connectivity index (χ2n) is 7.38. The minimum atomic E-state index is 0.576. The van der Waals surface area contributed by atoms with Crippen LogP contribution in [0.3, 0.4) is 0 Å². The molecule has 0 amide bonds. The molecule has 0 radical (unpaired) electrons. The first-order valence-corrected chi connectivity index (χ1v) is 9.14. The van der Waals surface area contributed by atoms with Gasteiger partial charge in [0.1, 0.15) is 0 Å². The largest absolute Gasteiger partial charge is 0.289 e. The number of hydrogen-bond acceptors (Lipinski definition) is 2. The third-order valence-electron chi connectivity index (χ3n) is 5.82. The van der Waals surface area contributed by atoms with Crippen molar-refractivity contribution in [1.82, 2.24) is 14.7 Å². The second-order valence-corrected chi connectivity index (χ2v) is 7.38. The molecule has 0 saturated carbocycles. The molecule has 1 aromatic heterocycles. The monoisotopic (exact) mass is 321 g/mol. The van der Waals surface area contributed by atoms with Crippen molar-refractivity contribution in [3.05, 3.63) is 58.9 Å². The summed E-state index contributed by atoms with van der Waals surface area (Å²) in [6.45, 7) is 5.42. The summed E-state index contributed by atoms with van der Waals surface area (Å²) in [5, 5.41) is 4.63. The highest BCUT2D eigenvalue weighted by Crippen LogP contribution is 2.39. The van der Waals surface area contributed by atoms with Gasteiger partial charge in [0.2, 0.25) is 0 Å². The Bertz CT molecular complexity index is 757. The summed E-state index contributed by atoms with van der Waals surface area (Å²) in [4.78, 5) is 2.73. The molecule has 2 aliphatic heterocycles.